The van der Waals surface area contributed by atoms with Crippen molar-refractivity contribution in [1.82, 2.24) is 0 Å². The third-order valence-corrected chi connectivity index (χ3v) is 2.56. The first-order valence-corrected chi connectivity index (χ1v) is 4.54. The second kappa shape index (κ2) is 2.78. The van der Waals surface area contributed by atoms with E-state index in [0.717, 1.165) is 5.92 Å². The molecule has 62 valence electrons. The maximum absolute atomic E-state index is 3.78. The molecule has 0 aromatic heterocycles. The second-order valence-corrected chi connectivity index (χ2v) is 3.59. The zero-order valence-electron chi connectivity index (χ0n) is 7.51. The van der Waals surface area contributed by atoms with Gasteiger partial charge in [0.1, 0.15) is 0 Å². The van der Waals surface area contributed by atoms with Crippen LogP contribution in [0.15, 0.2) is 24.8 Å². The van der Waals surface area contributed by atoms with E-state index in [0.29, 0.717) is 0 Å². The van der Waals surface area contributed by atoms with Crippen molar-refractivity contribution < 1.29 is 0 Å². The lowest BCUT2D eigenvalue weighted by Gasteiger charge is -2.03. The molecule has 0 saturated heterocycles. The van der Waals surface area contributed by atoms with Crippen molar-refractivity contribution in [2.45, 2.75) is 25.7 Å². The first-order chi connectivity index (χ1) is 5.81. The van der Waals surface area contributed by atoms with E-state index in [1.54, 1.807) is 0 Å². The summed E-state index contributed by atoms with van der Waals surface area (Å²) in [6, 6.07) is 6.71. The molecule has 0 N–H and O–H groups in total. The van der Waals surface area contributed by atoms with Gasteiger partial charge in [-0.15, -0.1) is 0 Å². The highest BCUT2D eigenvalue weighted by molar-refractivity contribution is 5.52. The first-order valence-electron chi connectivity index (χ1n) is 4.54. The molecule has 0 heterocycles. The monoisotopic (exact) mass is 158 g/mol. The molecule has 1 saturated carbocycles. The molecule has 0 atom stereocenters. The SMILES string of the molecule is C=Cc1ccc(C2CC2)cc1C. The van der Waals surface area contributed by atoms with Crippen LogP contribution in [0.5, 0.6) is 0 Å². The van der Waals surface area contributed by atoms with Gasteiger partial charge in [-0.05, 0) is 42.4 Å². The van der Waals surface area contributed by atoms with E-state index in [1.807, 2.05) is 6.08 Å². The van der Waals surface area contributed by atoms with E-state index in [4.69, 9.17) is 0 Å². The van der Waals surface area contributed by atoms with Crippen LogP contribution >= 0.6 is 0 Å². The Morgan fingerprint density at radius 1 is 1.42 bits per heavy atom. The van der Waals surface area contributed by atoms with Crippen LogP contribution in [0.4, 0.5) is 0 Å². The van der Waals surface area contributed by atoms with Gasteiger partial charge in [-0.3, -0.25) is 0 Å². The van der Waals surface area contributed by atoms with Gasteiger partial charge in [0.15, 0.2) is 0 Å². The Morgan fingerprint density at radius 2 is 2.17 bits per heavy atom. The molecular formula is C12H14. The molecule has 0 unspecified atom stereocenters. The van der Waals surface area contributed by atoms with Crippen LogP contribution in [0, 0.1) is 6.92 Å². The van der Waals surface area contributed by atoms with Gasteiger partial charge >= 0.3 is 0 Å². The van der Waals surface area contributed by atoms with E-state index in [2.05, 4.69) is 31.7 Å². The largest absolute Gasteiger partial charge is 0.0985 e. The third kappa shape index (κ3) is 1.29. The highest BCUT2D eigenvalue weighted by Gasteiger charge is 2.23. The Hall–Kier alpha value is -1.04. The van der Waals surface area contributed by atoms with Gasteiger partial charge in [-0.25, -0.2) is 0 Å². The van der Waals surface area contributed by atoms with Crippen LogP contribution in [-0.2, 0) is 0 Å². The molecule has 0 nitrogen and oxygen atoms in total. The minimum Gasteiger partial charge on any atom is -0.0985 e. The molecule has 0 radical (unpaired) electrons. The molecule has 12 heavy (non-hydrogen) atoms. The molecule has 1 aromatic rings. The van der Waals surface area contributed by atoms with Gasteiger partial charge in [0.2, 0.25) is 0 Å². The van der Waals surface area contributed by atoms with Crippen molar-refractivity contribution in [2.24, 2.45) is 0 Å². The molecule has 1 aliphatic carbocycles. The zero-order chi connectivity index (χ0) is 8.55. The fourth-order valence-corrected chi connectivity index (χ4v) is 1.60. The Kier molecular flexibility index (Phi) is 1.76. The van der Waals surface area contributed by atoms with Gasteiger partial charge in [-0.2, -0.15) is 0 Å². The van der Waals surface area contributed by atoms with Gasteiger partial charge in [0.25, 0.3) is 0 Å². The van der Waals surface area contributed by atoms with E-state index >= 15 is 0 Å². The fourth-order valence-electron chi connectivity index (χ4n) is 1.60. The second-order valence-electron chi connectivity index (χ2n) is 3.59. The maximum Gasteiger partial charge on any atom is -0.0161 e. The molecular weight excluding hydrogens is 144 g/mol. The summed E-state index contributed by atoms with van der Waals surface area (Å²) < 4.78 is 0. The standard InChI is InChI=1S/C12H14/c1-3-10-4-7-12(8-9(10)2)11-5-6-11/h3-4,7-8,11H,1,5-6H2,2H3. The smallest absolute Gasteiger partial charge is 0.0161 e. The van der Waals surface area contributed by atoms with Crippen LogP contribution in [0.1, 0.15) is 35.4 Å². The van der Waals surface area contributed by atoms with E-state index in [9.17, 15) is 0 Å². The van der Waals surface area contributed by atoms with E-state index in [1.165, 1.54) is 29.5 Å². The lowest BCUT2D eigenvalue weighted by atomic mass is 10.0. The average molecular weight is 158 g/mol. The summed E-state index contributed by atoms with van der Waals surface area (Å²) in [5.41, 5.74) is 4.13. The fraction of sp³-hybridized carbons (Fsp3) is 0.333. The van der Waals surface area contributed by atoms with Crippen molar-refractivity contribution >= 4 is 6.08 Å². The molecule has 1 aliphatic rings. The minimum atomic E-state index is 0.863. The molecule has 0 aliphatic heterocycles. The summed E-state index contributed by atoms with van der Waals surface area (Å²) in [4.78, 5) is 0. The number of aryl methyl sites for hydroxylation is 1. The van der Waals surface area contributed by atoms with E-state index < -0.39 is 0 Å². The first kappa shape index (κ1) is 7.60. The molecule has 2 rings (SSSR count). The van der Waals surface area contributed by atoms with Crippen molar-refractivity contribution in [3.63, 3.8) is 0 Å². The Bertz CT molecular complexity index is 306. The summed E-state index contributed by atoms with van der Waals surface area (Å²) in [6.07, 6.45) is 4.69. The van der Waals surface area contributed by atoms with Crippen LogP contribution in [0.2, 0.25) is 0 Å². The Morgan fingerprint density at radius 3 is 2.67 bits per heavy atom. The highest BCUT2D eigenvalue weighted by Crippen LogP contribution is 2.40. The lowest BCUT2D eigenvalue weighted by Crippen LogP contribution is -1.84. The summed E-state index contributed by atoms with van der Waals surface area (Å²) in [5.74, 6) is 0.863. The van der Waals surface area contributed by atoms with E-state index in [-0.39, 0.29) is 0 Å². The van der Waals surface area contributed by atoms with Crippen molar-refractivity contribution in [1.29, 1.82) is 0 Å². The lowest BCUT2D eigenvalue weighted by molar-refractivity contribution is 1.12. The number of rotatable bonds is 2. The van der Waals surface area contributed by atoms with Gasteiger partial charge in [0, 0.05) is 0 Å². The molecule has 0 heteroatoms. The van der Waals surface area contributed by atoms with Gasteiger partial charge in [0.05, 0.1) is 0 Å². The molecule has 0 amide bonds. The molecule has 0 bridgehead atoms. The average Bonchev–Trinajstić information content (AvgIpc) is 2.86. The predicted octanol–water partition coefficient (Wildman–Crippen LogP) is 3.52. The maximum atomic E-state index is 3.78. The summed E-state index contributed by atoms with van der Waals surface area (Å²) in [7, 11) is 0. The molecule has 1 fully saturated rings. The van der Waals surface area contributed by atoms with Crippen LogP contribution < -0.4 is 0 Å². The molecule has 1 aromatic carbocycles. The quantitative estimate of drug-likeness (QED) is 0.617. The normalized spacial score (nSPS) is 16.1. The van der Waals surface area contributed by atoms with Gasteiger partial charge < -0.3 is 0 Å². The highest BCUT2D eigenvalue weighted by atomic mass is 14.3. The third-order valence-electron chi connectivity index (χ3n) is 2.56. The minimum absolute atomic E-state index is 0.863. The zero-order valence-corrected chi connectivity index (χ0v) is 7.51. The topological polar surface area (TPSA) is 0 Å². The Balaban J connectivity index is 2.36. The van der Waals surface area contributed by atoms with Crippen LogP contribution in [0.3, 0.4) is 0 Å². The molecule has 0 spiro atoms. The van der Waals surface area contributed by atoms with Crippen molar-refractivity contribution in [2.75, 3.05) is 0 Å². The van der Waals surface area contributed by atoms with Crippen molar-refractivity contribution in [3.8, 4) is 0 Å². The number of hydrogen-bond donors (Lipinski definition) is 0. The van der Waals surface area contributed by atoms with Crippen LogP contribution in [0.25, 0.3) is 6.08 Å². The number of benzene rings is 1. The van der Waals surface area contributed by atoms with Crippen LogP contribution in [-0.4, -0.2) is 0 Å². The summed E-state index contributed by atoms with van der Waals surface area (Å²) in [5, 5.41) is 0. The summed E-state index contributed by atoms with van der Waals surface area (Å²) in [6.45, 7) is 5.94. The van der Waals surface area contributed by atoms with Crippen molar-refractivity contribution in [3.05, 3.63) is 41.5 Å². The predicted molar refractivity (Wildman–Crippen MR) is 53.2 cm³/mol. The Labute approximate surface area is 73.9 Å². The summed E-state index contributed by atoms with van der Waals surface area (Å²) >= 11 is 0. The number of hydrogen-bond acceptors (Lipinski definition) is 0. The van der Waals surface area contributed by atoms with Gasteiger partial charge in [-0.1, -0.05) is 30.9 Å².